The van der Waals surface area contributed by atoms with E-state index in [1.807, 2.05) is 17.0 Å². The van der Waals surface area contributed by atoms with E-state index in [0.29, 0.717) is 35.0 Å². The number of nitrogens with zero attached hydrogens (tertiary/aromatic N) is 2. The van der Waals surface area contributed by atoms with Crippen LogP contribution in [0.4, 0.5) is 21.9 Å². The second-order valence-corrected chi connectivity index (χ2v) is 6.52. The van der Waals surface area contributed by atoms with Crippen molar-refractivity contribution in [1.29, 1.82) is 0 Å². The maximum atomic E-state index is 12.2. The zero-order chi connectivity index (χ0) is 20.4. The SMILES string of the molecule is CC(=O)c1cccc(NC(=O)Nc2ccc(N3CN=c4occc4=C3N)cc2)c1. The van der Waals surface area contributed by atoms with E-state index in [-0.39, 0.29) is 5.78 Å². The normalized spacial score (nSPS) is 12.7. The fraction of sp³-hybridized carbons (Fsp3) is 0.0952. The summed E-state index contributed by atoms with van der Waals surface area (Å²) in [4.78, 5) is 29.9. The average Bonchev–Trinajstić information content (AvgIpc) is 3.19. The summed E-state index contributed by atoms with van der Waals surface area (Å²) in [7, 11) is 0. The molecule has 0 unspecified atom stereocenters. The van der Waals surface area contributed by atoms with Crippen molar-refractivity contribution in [3.05, 3.63) is 77.2 Å². The second-order valence-electron chi connectivity index (χ2n) is 6.52. The highest BCUT2D eigenvalue weighted by Crippen LogP contribution is 2.21. The van der Waals surface area contributed by atoms with Gasteiger partial charge < -0.3 is 25.7 Å². The van der Waals surface area contributed by atoms with Crippen LogP contribution in [0.3, 0.4) is 0 Å². The molecule has 2 heterocycles. The summed E-state index contributed by atoms with van der Waals surface area (Å²) in [6.07, 6.45) is 1.56. The van der Waals surface area contributed by atoms with Crippen molar-refractivity contribution >= 4 is 34.7 Å². The quantitative estimate of drug-likeness (QED) is 0.593. The van der Waals surface area contributed by atoms with Gasteiger partial charge in [-0.3, -0.25) is 4.79 Å². The fourth-order valence-corrected chi connectivity index (χ4v) is 3.03. The summed E-state index contributed by atoms with van der Waals surface area (Å²) < 4.78 is 5.28. The van der Waals surface area contributed by atoms with Gasteiger partial charge in [0.05, 0.1) is 11.5 Å². The molecule has 1 aliphatic heterocycles. The fourth-order valence-electron chi connectivity index (χ4n) is 3.03. The van der Waals surface area contributed by atoms with Crippen molar-refractivity contribution in [3.8, 4) is 0 Å². The van der Waals surface area contributed by atoms with E-state index in [9.17, 15) is 9.59 Å². The van der Waals surface area contributed by atoms with Gasteiger partial charge in [-0.2, -0.15) is 0 Å². The number of carbonyl (C=O) groups is 2. The number of urea groups is 1. The minimum absolute atomic E-state index is 0.0623. The molecule has 4 rings (SSSR count). The van der Waals surface area contributed by atoms with Gasteiger partial charge in [-0.05, 0) is 49.4 Å². The molecule has 0 bridgehead atoms. The lowest BCUT2D eigenvalue weighted by Gasteiger charge is -2.24. The van der Waals surface area contributed by atoms with Crippen LogP contribution in [0.1, 0.15) is 17.3 Å². The molecule has 4 N–H and O–H groups in total. The van der Waals surface area contributed by atoms with Gasteiger partial charge in [0, 0.05) is 22.6 Å². The number of nitrogens with two attached hydrogens (primary N) is 1. The maximum Gasteiger partial charge on any atom is 0.323 e. The standard InChI is InChI=1S/C21H19N5O3/c1-13(27)14-3-2-4-16(11-14)25-21(28)24-15-5-7-17(8-6-15)26-12-23-20-18(19(26)22)9-10-29-20/h2-11H,12,22H2,1H3,(H2,24,25,28). The van der Waals surface area contributed by atoms with Crippen molar-refractivity contribution in [2.75, 3.05) is 22.2 Å². The molecule has 3 aromatic rings. The first-order chi connectivity index (χ1) is 14.0. The first-order valence-electron chi connectivity index (χ1n) is 8.95. The highest BCUT2D eigenvalue weighted by Gasteiger charge is 2.15. The van der Waals surface area contributed by atoms with Crippen molar-refractivity contribution in [3.63, 3.8) is 0 Å². The van der Waals surface area contributed by atoms with Gasteiger partial charge in [0.1, 0.15) is 12.5 Å². The third-order valence-corrected chi connectivity index (χ3v) is 4.53. The summed E-state index contributed by atoms with van der Waals surface area (Å²) in [6, 6.07) is 15.4. The number of fused-ring (bicyclic) bond motifs is 1. The van der Waals surface area contributed by atoms with E-state index >= 15 is 0 Å². The van der Waals surface area contributed by atoms with Crippen LogP contribution >= 0.6 is 0 Å². The van der Waals surface area contributed by atoms with E-state index in [4.69, 9.17) is 10.2 Å². The van der Waals surface area contributed by atoms with Crippen LogP contribution < -0.4 is 32.0 Å². The maximum absolute atomic E-state index is 12.2. The highest BCUT2D eigenvalue weighted by atomic mass is 16.3. The minimum atomic E-state index is -0.402. The Balaban J connectivity index is 1.44. The number of furan rings is 1. The van der Waals surface area contributed by atoms with E-state index in [2.05, 4.69) is 15.6 Å². The molecular weight excluding hydrogens is 370 g/mol. The summed E-state index contributed by atoms with van der Waals surface area (Å²) in [5, 5.41) is 6.23. The lowest BCUT2D eigenvalue weighted by atomic mass is 10.1. The summed E-state index contributed by atoms with van der Waals surface area (Å²) >= 11 is 0. The van der Waals surface area contributed by atoms with Gasteiger partial charge in [-0.25, -0.2) is 9.79 Å². The smallest absolute Gasteiger partial charge is 0.323 e. The molecule has 8 heteroatoms. The number of Topliss-reactive ketones (excluding diaryl/α,β-unsaturated/α-hetero) is 1. The monoisotopic (exact) mass is 389 g/mol. The van der Waals surface area contributed by atoms with E-state index in [1.165, 1.54) is 6.92 Å². The number of carbonyl (C=O) groups excluding carboxylic acids is 2. The zero-order valence-electron chi connectivity index (χ0n) is 15.7. The Morgan fingerprint density at radius 2 is 1.83 bits per heavy atom. The molecule has 0 fully saturated rings. The molecule has 146 valence electrons. The molecule has 0 radical (unpaired) electrons. The van der Waals surface area contributed by atoms with Gasteiger partial charge >= 0.3 is 6.03 Å². The van der Waals surface area contributed by atoms with Crippen molar-refractivity contribution in [1.82, 2.24) is 0 Å². The number of hydrogen-bond acceptors (Lipinski definition) is 6. The number of nitrogens with one attached hydrogen (secondary N) is 2. The molecule has 1 aliphatic rings. The number of anilines is 3. The number of hydrogen-bond donors (Lipinski definition) is 3. The third kappa shape index (κ3) is 3.81. The van der Waals surface area contributed by atoms with Gasteiger partial charge in [0.15, 0.2) is 5.78 Å². The minimum Gasteiger partial charge on any atom is -0.446 e. The predicted molar refractivity (Wildman–Crippen MR) is 110 cm³/mol. The topological polar surface area (TPSA) is 113 Å². The van der Waals surface area contributed by atoms with Crippen molar-refractivity contribution in [2.45, 2.75) is 6.92 Å². The molecule has 0 saturated carbocycles. The average molecular weight is 389 g/mol. The lowest BCUT2D eigenvalue weighted by molar-refractivity contribution is 0.101. The Bertz CT molecular complexity index is 1200. The van der Waals surface area contributed by atoms with E-state index in [0.717, 1.165) is 10.9 Å². The van der Waals surface area contributed by atoms with Gasteiger partial charge in [-0.1, -0.05) is 12.1 Å². The largest absolute Gasteiger partial charge is 0.446 e. The van der Waals surface area contributed by atoms with E-state index < -0.39 is 6.03 Å². The summed E-state index contributed by atoms with van der Waals surface area (Å²) in [6.45, 7) is 1.83. The second kappa shape index (κ2) is 7.51. The number of benzene rings is 2. The molecule has 2 amide bonds. The Morgan fingerprint density at radius 3 is 2.59 bits per heavy atom. The third-order valence-electron chi connectivity index (χ3n) is 4.53. The van der Waals surface area contributed by atoms with Gasteiger partial charge in [0.2, 0.25) is 5.55 Å². The number of rotatable bonds is 4. The van der Waals surface area contributed by atoms with Crippen LogP contribution in [-0.2, 0) is 0 Å². The Kier molecular flexibility index (Phi) is 4.74. The van der Waals surface area contributed by atoms with Crippen molar-refractivity contribution < 1.29 is 14.0 Å². The highest BCUT2D eigenvalue weighted by molar-refractivity contribution is 6.01. The first-order valence-corrected chi connectivity index (χ1v) is 8.95. The van der Waals surface area contributed by atoms with Gasteiger partial charge in [0.25, 0.3) is 0 Å². The van der Waals surface area contributed by atoms with Gasteiger partial charge in [-0.15, -0.1) is 0 Å². The van der Waals surface area contributed by atoms with Crippen LogP contribution in [-0.4, -0.2) is 18.5 Å². The molecule has 8 nitrogen and oxygen atoms in total. The Hall–Kier alpha value is -4.07. The Morgan fingerprint density at radius 1 is 1.07 bits per heavy atom. The van der Waals surface area contributed by atoms with Crippen LogP contribution in [0.25, 0.3) is 5.82 Å². The Labute approximate surface area is 166 Å². The van der Waals surface area contributed by atoms with Crippen LogP contribution in [0.15, 0.2) is 70.3 Å². The molecule has 2 aromatic carbocycles. The summed E-state index contributed by atoms with van der Waals surface area (Å²) in [5.74, 6) is 0.500. The predicted octanol–water partition coefficient (Wildman–Crippen LogP) is 2.25. The first kappa shape index (κ1) is 18.3. The zero-order valence-corrected chi connectivity index (χ0v) is 15.7. The molecule has 0 aliphatic carbocycles. The lowest BCUT2D eigenvalue weighted by Crippen LogP contribution is -2.42. The van der Waals surface area contributed by atoms with Crippen LogP contribution in [0.5, 0.6) is 0 Å². The van der Waals surface area contributed by atoms with E-state index in [1.54, 1.807) is 48.7 Å². The summed E-state index contributed by atoms with van der Waals surface area (Å²) in [5.41, 5.74) is 9.29. The van der Waals surface area contributed by atoms with Crippen molar-refractivity contribution in [2.24, 2.45) is 10.7 Å². The number of ketones is 1. The molecule has 0 spiro atoms. The molecule has 29 heavy (non-hydrogen) atoms. The van der Waals surface area contributed by atoms with Crippen LogP contribution in [0, 0.1) is 0 Å². The number of amides is 2. The molecule has 0 saturated heterocycles. The molecule has 1 aromatic heterocycles. The van der Waals surface area contributed by atoms with Crippen LogP contribution in [0.2, 0.25) is 0 Å². The molecule has 0 atom stereocenters. The molecular formula is C21H19N5O3.